The van der Waals surface area contributed by atoms with Crippen molar-refractivity contribution in [1.82, 2.24) is 0 Å². The van der Waals surface area contributed by atoms with Crippen LogP contribution in [0.1, 0.15) is 27.6 Å². The molecular formula is C15H10ClFO2. The summed E-state index contributed by atoms with van der Waals surface area (Å²) in [5.74, 6) is -0.989. The summed E-state index contributed by atoms with van der Waals surface area (Å²) < 4.78 is 19.2. The molecule has 0 N–H and O–H groups in total. The predicted octanol–water partition coefficient (Wildman–Crippen LogP) is 3.93. The molecule has 1 atom stereocenters. The molecule has 4 heteroatoms. The second-order valence-electron chi connectivity index (χ2n) is 4.42. The number of rotatable bonds is 1. The molecule has 2 nitrogen and oxygen atoms in total. The van der Waals surface area contributed by atoms with Crippen LogP contribution in [0.25, 0.3) is 0 Å². The fourth-order valence-corrected chi connectivity index (χ4v) is 2.47. The number of benzene rings is 2. The maximum absolute atomic E-state index is 13.9. The van der Waals surface area contributed by atoms with Gasteiger partial charge in [-0.3, -0.25) is 0 Å². The Labute approximate surface area is 114 Å². The van der Waals surface area contributed by atoms with Crippen molar-refractivity contribution in [3.63, 3.8) is 0 Å². The molecule has 0 aromatic heterocycles. The SMILES string of the molecule is O=C1OC(c2ccccc2)Cc2c(F)cc(Cl)cc21. The highest BCUT2D eigenvalue weighted by molar-refractivity contribution is 6.31. The smallest absolute Gasteiger partial charge is 0.339 e. The molecule has 0 saturated carbocycles. The van der Waals surface area contributed by atoms with E-state index in [1.165, 1.54) is 12.1 Å². The molecule has 0 spiro atoms. The van der Waals surface area contributed by atoms with Crippen molar-refractivity contribution in [2.45, 2.75) is 12.5 Å². The molecule has 0 saturated heterocycles. The molecule has 0 bridgehead atoms. The first-order valence-corrected chi connectivity index (χ1v) is 6.27. The number of fused-ring (bicyclic) bond motifs is 1. The second-order valence-corrected chi connectivity index (χ2v) is 4.86. The third-order valence-corrected chi connectivity index (χ3v) is 3.41. The van der Waals surface area contributed by atoms with Gasteiger partial charge in [-0.15, -0.1) is 0 Å². The topological polar surface area (TPSA) is 26.3 Å². The van der Waals surface area contributed by atoms with E-state index in [9.17, 15) is 9.18 Å². The van der Waals surface area contributed by atoms with Crippen molar-refractivity contribution in [2.24, 2.45) is 0 Å². The molecular weight excluding hydrogens is 267 g/mol. The summed E-state index contributed by atoms with van der Waals surface area (Å²) >= 11 is 5.75. The van der Waals surface area contributed by atoms with Gasteiger partial charge in [0, 0.05) is 17.0 Å². The Bertz CT molecular complexity index is 640. The van der Waals surface area contributed by atoms with Gasteiger partial charge in [-0.05, 0) is 17.7 Å². The summed E-state index contributed by atoms with van der Waals surface area (Å²) in [6.45, 7) is 0. The molecule has 96 valence electrons. The van der Waals surface area contributed by atoms with E-state index in [0.717, 1.165) is 5.56 Å². The van der Waals surface area contributed by atoms with Gasteiger partial charge >= 0.3 is 5.97 Å². The number of cyclic esters (lactones) is 1. The van der Waals surface area contributed by atoms with Gasteiger partial charge in [0.1, 0.15) is 11.9 Å². The van der Waals surface area contributed by atoms with Crippen LogP contribution in [0.2, 0.25) is 5.02 Å². The lowest BCUT2D eigenvalue weighted by Gasteiger charge is -2.25. The normalized spacial score (nSPS) is 17.8. The number of carbonyl (C=O) groups is 1. The third kappa shape index (κ3) is 2.22. The van der Waals surface area contributed by atoms with Crippen LogP contribution < -0.4 is 0 Å². The molecule has 0 amide bonds. The van der Waals surface area contributed by atoms with Crippen molar-refractivity contribution >= 4 is 17.6 Å². The number of hydrogen-bond donors (Lipinski definition) is 0. The summed E-state index contributed by atoms with van der Waals surface area (Å²) in [6, 6.07) is 12.0. The molecule has 2 aromatic carbocycles. The van der Waals surface area contributed by atoms with E-state index in [0.29, 0.717) is 12.0 Å². The van der Waals surface area contributed by atoms with Crippen LogP contribution in [0.3, 0.4) is 0 Å². The van der Waals surface area contributed by atoms with E-state index in [-0.39, 0.29) is 10.6 Å². The van der Waals surface area contributed by atoms with E-state index >= 15 is 0 Å². The summed E-state index contributed by atoms with van der Waals surface area (Å²) in [5, 5.41) is 0.200. The molecule has 1 aliphatic heterocycles. The lowest BCUT2D eigenvalue weighted by Crippen LogP contribution is -2.23. The van der Waals surface area contributed by atoms with Crippen molar-refractivity contribution in [3.05, 3.63) is 70.0 Å². The van der Waals surface area contributed by atoms with Gasteiger partial charge in [-0.25, -0.2) is 9.18 Å². The van der Waals surface area contributed by atoms with Gasteiger partial charge in [0.25, 0.3) is 0 Å². The Morgan fingerprint density at radius 1 is 1.21 bits per heavy atom. The molecule has 3 rings (SSSR count). The lowest BCUT2D eigenvalue weighted by atomic mass is 9.94. The van der Waals surface area contributed by atoms with E-state index in [4.69, 9.17) is 16.3 Å². The average molecular weight is 277 g/mol. The zero-order chi connectivity index (χ0) is 13.4. The third-order valence-electron chi connectivity index (χ3n) is 3.19. The quantitative estimate of drug-likeness (QED) is 0.738. The van der Waals surface area contributed by atoms with Gasteiger partial charge in [0.15, 0.2) is 0 Å². The fourth-order valence-electron chi connectivity index (χ4n) is 2.27. The number of ether oxygens (including phenoxy) is 1. The maximum atomic E-state index is 13.9. The van der Waals surface area contributed by atoms with Crippen LogP contribution in [-0.2, 0) is 11.2 Å². The summed E-state index contributed by atoms with van der Waals surface area (Å²) in [7, 11) is 0. The molecule has 0 aliphatic carbocycles. The van der Waals surface area contributed by atoms with Crippen molar-refractivity contribution in [3.8, 4) is 0 Å². The Morgan fingerprint density at radius 2 is 1.95 bits per heavy atom. The minimum atomic E-state index is -0.531. The summed E-state index contributed by atoms with van der Waals surface area (Å²) in [4.78, 5) is 11.9. The molecule has 2 aromatic rings. The standard InChI is InChI=1S/C15H10ClFO2/c16-10-6-12-11(13(17)7-10)8-14(19-15(12)18)9-4-2-1-3-5-9/h1-7,14H,8H2. The Kier molecular flexibility index (Phi) is 2.99. The number of carbonyl (C=O) groups excluding carboxylic acids is 1. The largest absolute Gasteiger partial charge is 0.454 e. The Morgan fingerprint density at radius 3 is 2.68 bits per heavy atom. The number of esters is 1. The minimum Gasteiger partial charge on any atom is -0.454 e. The van der Waals surface area contributed by atoms with Crippen LogP contribution in [0.15, 0.2) is 42.5 Å². The first-order chi connectivity index (χ1) is 9.15. The number of hydrogen-bond acceptors (Lipinski definition) is 2. The average Bonchev–Trinajstić information content (AvgIpc) is 2.41. The highest BCUT2D eigenvalue weighted by Gasteiger charge is 2.30. The van der Waals surface area contributed by atoms with Crippen LogP contribution in [0.5, 0.6) is 0 Å². The molecule has 1 unspecified atom stereocenters. The van der Waals surface area contributed by atoms with Gasteiger partial charge in [-0.1, -0.05) is 41.9 Å². The maximum Gasteiger partial charge on any atom is 0.339 e. The van der Waals surface area contributed by atoms with E-state index < -0.39 is 17.9 Å². The van der Waals surface area contributed by atoms with Gasteiger partial charge < -0.3 is 4.74 Å². The van der Waals surface area contributed by atoms with Gasteiger partial charge in [-0.2, -0.15) is 0 Å². The Balaban J connectivity index is 2.03. The molecule has 1 heterocycles. The van der Waals surface area contributed by atoms with Crippen LogP contribution in [0, 0.1) is 5.82 Å². The molecule has 0 fully saturated rings. The van der Waals surface area contributed by atoms with Crippen LogP contribution >= 0.6 is 11.6 Å². The van der Waals surface area contributed by atoms with E-state index in [2.05, 4.69) is 0 Å². The zero-order valence-electron chi connectivity index (χ0n) is 9.90. The van der Waals surface area contributed by atoms with E-state index in [1.807, 2.05) is 30.3 Å². The summed E-state index contributed by atoms with van der Waals surface area (Å²) in [6.07, 6.45) is -0.120. The van der Waals surface area contributed by atoms with Crippen molar-refractivity contribution in [2.75, 3.05) is 0 Å². The van der Waals surface area contributed by atoms with Crippen LogP contribution in [-0.4, -0.2) is 5.97 Å². The second kappa shape index (κ2) is 4.67. The molecule has 1 aliphatic rings. The van der Waals surface area contributed by atoms with Gasteiger partial charge in [0.05, 0.1) is 5.56 Å². The number of halogens is 2. The molecule has 0 radical (unpaired) electrons. The zero-order valence-corrected chi connectivity index (χ0v) is 10.7. The van der Waals surface area contributed by atoms with Crippen molar-refractivity contribution < 1.29 is 13.9 Å². The fraction of sp³-hybridized carbons (Fsp3) is 0.133. The first kappa shape index (κ1) is 12.2. The van der Waals surface area contributed by atoms with Gasteiger partial charge in [0.2, 0.25) is 0 Å². The predicted molar refractivity (Wildman–Crippen MR) is 69.7 cm³/mol. The monoisotopic (exact) mass is 276 g/mol. The van der Waals surface area contributed by atoms with Crippen LogP contribution in [0.4, 0.5) is 4.39 Å². The minimum absolute atomic E-state index is 0.200. The highest BCUT2D eigenvalue weighted by Crippen LogP contribution is 2.33. The first-order valence-electron chi connectivity index (χ1n) is 5.89. The van der Waals surface area contributed by atoms with E-state index in [1.54, 1.807) is 0 Å². The lowest BCUT2D eigenvalue weighted by molar-refractivity contribution is 0.0248. The Hall–Kier alpha value is -1.87. The summed E-state index contributed by atoms with van der Waals surface area (Å²) in [5.41, 5.74) is 1.45. The van der Waals surface area contributed by atoms with Crippen molar-refractivity contribution in [1.29, 1.82) is 0 Å². The molecule has 19 heavy (non-hydrogen) atoms. The highest BCUT2D eigenvalue weighted by atomic mass is 35.5.